The zero-order valence-electron chi connectivity index (χ0n) is 17.6. The summed E-state index contributed by atoms with van der Waals surface area (Å²) in [5.74, 6) is -0.0376. The Morgan fingerprint density at radius 2 is 1.97 bits per heavy atom. The van der Waals surface area contributed by atoms with Gasteiger partial charge in [0.2, 0.25) is 11.8 Å². The molecule has 0 aromatic heterocycles. The SMILES string of the molecule is CC(=O)N1C=Cc2ccccc2[C@H]1CC(=O)Nc1cccc(S(=O)(=O)NC2=NCCC2)c1. The number of carbonyl (C=O) groups is 2. The number of carbonyl (C=O) groups excluding carboxylic acids is 2. The van der Waals surface area contributed by atoms with Gasteiger partial charge in [-0.3, -0.25) is 19.3 Å². The molecule has 0 bridgehead atoms. The van der Waals surface area contributed by atoms with Crippen molar-refractivity contribution in [2.75, 3.05) is 11.9 Å². The average Bonchev–Trinajstić information content (AvgIpc) is 3.26. The second-order valence-electron chi connectivity index (χ2n) is 7.70. The molecule has 0 spiro atoms. The van der Waals surface area contributed by atoms with Crippen LogP contribution in [0.2, 0.25) is 0 Å². The molecule has 0 aliphatic carbocycles. The molecule has 2 amide bonds. The first kappa shape index (κ1) is 21.8. The van der Waals surface area contributed by atoms with Crippen molar-refractivity contribution in [3.63, 3.8) is 0 Å². The Balaban J connectivity index is 1.50. The molecule has 2 heterocycles. The molecular weight excluding hydrogens is 428 g/mol. The number of rotatable bonds is 5. The van der Waals surface area contributed by atoms with E-state index in [1.807, 2.05) is 30.3 Å². The van der Waals surface area contributed by atoms with Gasteiger partial charge in [0.05, 0.1) is 17.4 Å². The fraction of sp³-hybridized carbons (Fsp3) is 0.261. The number of nitrogens with zero attached hydrogens (tertiary/aromatic N) is 2. The summed E-state index contributed by atoms with van der Waals surface area (Å²) in [6.07, 6.45) is 4.99. The quantitative estimate of drug-likeness (QED) is 0.727. The highest BCUT2D eigenvalue weighted by molar-refractivity contribution is 7.90. The first-order valence-electron chi connectivity index (χ1n) is 10.4. The van der Waals surface area contributed by atoms with Crippen LogP contribution in [0.5, 0.6) is 0 Å². The van der Waals surface area contributed by atoms with Crippen LogP contribution in [-0.2, 0) is 19.6 Å². The van der Waals surface area contributed by atoms with E-state index in [1.54, 1.807) is 18.3 Å². The summed E-state index contributed by atoms with van der Waals surface area (Å²) in [7, 11) is -3.78. The van der Waals surface area contributed by atoms with Gasteiger partial charge in [0.25, 0.3) is 10.0 Å². The smallest absolute Gasteiger partial charge is 0.262 e. The van der Waals surface area contributed by atoms with Crippen molar-refractivity contribution in [1.29, 1.82) is 0 Å². The highest BCUT2D eigenvalue weighted by atomic mass is 32.2. The first-order chi connectivity index (χ1) is 15.3. The van der Waals surface area contributed by atoms with Crippen molar-refractivity contribution in [2.45, 2.75) is 37.1 Å². The van der Waals surface area contributed by atoms with Gasteiger partial charge in [-0.05, 0) is 41.8 Å². The molecule has 166 valence electrons. The van der Waals surface area contributed by atoms with E-state index in [0.29, 0.717) is 24.5 Å². The Labute approximate surface area is 187 Å². The summed E-state index contributed by atoms with van der Waals surface area (Å²) in [6, 6.07) is 13.2. The van der Waals surface area contributed by atoms with Gasteiger partial charge in [-0.1, -0.05) is 30.3 Å². The Morgan fingerprint density at radius 3 is 2.72 bits per heavy atom. The van der Waals surface area contributed by atoms with Gasteiger partial charge >= 0.3 is 0 Å². The molecule has 0 radical (unpaired) electrons. The van der Waals surface area contributed by atoms with E-state index in [-0.39, 0.29) is 23.1 Å². The summed E-state index contributed by atoms with van der Waals surface area (Å²) < 4.78 is 27.8. The molecule has 1 atom stereocenters. The van der Waals surface area contributed by atoms with Crippen molar-refractivity contribution < 1.29 is 18.0 Å². The van der Waals surface area contributed by atoms with Crippen LogP contribution in [0.1, 0.15) is 43.4 Å². The average molecular weight is 453 g/mol. The number of anilines is 1. The molecule has 2 aliphatic heterocycles. The Kier molecular flexibility index (Phi) is 6.09. The monoisotopic (exact) mass is 452 g/mol. The van der Waals surface area contributed by atoms with Crippen LogP contribution in [0.3, 0.4) is 0 Å². The molecule has 8 nitrogen and oxygen atoms in total. The topological polar surface area (TPSA) is 108 Å². The lowest BCUT2D eigenvalue weighted by atomic mass is 9.93. The zero-order valence-corrected chi connectivity index (χ0v) is 18.4. The van der Waals surface area contributed by atoms with E-state index in [0.717, 1.165) is 17.5 Å². The highest BCUT2D eigenvalue weighted by Gasteiger charge is 2.28. The summed E-state index contributed by atoms with van der Waals surface area (Å²) in [5, 5.41) is 2.76. The van der Waals surface area contributed by atoms with E-state index in [4.69, 9.17) is 0 Å². The van der Waals surface area contributed by atoms with Gasteiger partial charge in [0, 0.05) is 31.8 Å². The van der Waals surface area contributed by atoms with Crippen molar-refractivity contribution in [2.24, 2.45) is 4.99 Å². The molecule has 2 aliphatic rings. The van der Waals surface area contributed by atoms with Gasteiger partial charge in [0.15, 0.2) is 0 Å². The molecular formula is C23H24N4O4S. The number of amidine groups is 1. The van der Waals surface area contributed by atoms with Gasteiger partial charge < -0.3 is 10.2 Å². The van der Waals surface area contributed by atoms with Crippen molar-refractivity contribution in [3.05, 3.63) is 65.9 Å². The second kappa shape index (κ2) is 8.96. The maximum atomic E-state index is 12.8. The van der Waals surface area contributed by atoms with Gasteiger partial charge in [-0.2, -0.15) is 0 Å². The molecule has 2 aromatic carbocycles. The third-order valence-electron chi connectivity index (χ3n) is 5.40. The Hall–Kier alpha value is -3.46. The van der Waals surface area contributed by atoms with E-state index >= 15 is 0 Å². The number of nitrogens with one attached hydrogen (secondary N) is 2. The zero-order chi connectivity index (χ0) is 22.7. The molecule has 0 fully saturated rings. The molecule has 2 aromatic rings. The van der Waals surface area contributed by atoms with Gasteiger partial charge in [-0.15, -0.1) is 0 Å². The molecule has 0 saturated heterocycles. The molecule has 32 heavy (non-hydrogen) atoms. The maximum absolute atomic E-state index is 12.8. The molecule has 2 N–H and O–H groups in total. The predicted molar refractivity (Wildman–Crippen MR) is 122 cm³/mol. The van der Waals surface area contributed by atoms with Crippen molar-refractivity contribution in [3.8, 4) is 0 Å². The third-order valence-corrected chi connectivity index (χ3v) is 6.78. The number of aliphatic imine (C=N–C) groups is 1. The van der Waals surface area contributed by atoms with Crippen molar-refractivity contribution >= 4 is 39.4 Å². The summed E-state index contributed by atoms with van der Waals surface area (Å²) in [6.45, 7) is 2.07. The fourth-order valence-electron chi connectivity index (χ4n) is 3.88. The van der Waals surface area contributed by atoms with Crippen LogP contribution in [-0.4, -0.2) is 37.5 Å². The molecule has 4 rings (SSSR count). The lowest BCUT2D eigenvalue weighted by Crippen LogP contribution is -2.33. The number of fused-ring (bicyclic) bond motifs is 1. The fourth-order valence-corrected chi connectivity index (χ4v) is 5.01. The molecule has 9 heteroatoms. The number of amides is 2. The van der Waals surface area contributed by atoms with E-state index in [1.165, 1.54) is 24.0 Å². The van der Waals surface area contributed by atoms with Crippen LogP contribution in [0.15, 0.2) is 64.6 Å². The minimum atomic E-state index is -3.78. The highest BCUT2D eigenvalue weighted by Crippen LogP contribution is 2.33. The van der Waals surface area contributed by atoms with Gasteiger partial charge in [0.1, 0.15) is 5.84 Å². The minimum Gasteiger partial charge on any atom is -0.326 e. The number of sulfonamides is 1. The Bertz CT molecular complexity index is 1220. The van der Waals surface area contributed by atoms with Crippen LogP contribution in [0, 0.1) is 0 Å². The molecule has 0 saturated carbocycles. The first-order valence-corrected chi connectivity index (χ1v) is 11.8. The summed E-state index contributed by atoms with van der Waals surface area (Å²) in [4.78, 5) is 30.7. The Morgan fingerprint density at radius 1 is 1.16 bits per heavy atom. The number of benzene rings is 2. The maximum Gasteiger partial charge on any atom is 0.262 e. The predicted octanol–water partition coefficient (Wildman–Crippen LogP) is 3.06. The molecule has 0 unspecified atom stereocenters. The van der Waals surface area contributed by atoms with Crippen molar-refractivity contribution in [1.82, 2.24) is 9.62 Å². The van der Waals surface area contributed by atoms with E-state index in [9.17, 15) is 18.0 Å². The summed E-state index contributed by atoms with van der Waals surface area (Å²) >= 11 is 0. The summed E-state index contributed by atoms with van der Waals surface area (Å²) in [5.41, 5.74) is 2.20. The second-order valence-corrected chi connectivity index (χ2v) is 9.39. The van der Waals surface area contributed by atoms with E-state index in [2.05, 4.69) is 15.0 Å². The normalized spacial score (nSPS) is 17.5. The van der Waals surface area contributed by atoms with Crippen LogP contribution < -0.4 is 10.0 Å². The standard InChI is InChI=1S/C23H24N4O4S/c1-16(28)27-13-11-17-6-2-3-9-20(17)21(27)15-23(29)25-18-7-4-8-19(14-18)32(30,31)26-22-10-5-12-24-22/h2-4,6-9,11,13-14,21H,5,10,12,15H2,1H3,(H,24,26)(H,25,29)/t21-/m1/s1. The lowest BCUT2D eigenvalue weighted by molar-refractivity contribution is -0.129. The van der Waals surface area contributed by atoms with Crippen LogP contribution in [0.25, 0.3) is 6.08 Å². The number of hydrogen-bond acceptors (Lipinski definition) is 5. The lowest BCUT2D eigenvalue weighted by Gasteiger charge is -2.32. The van der Waals surface area contributed by atoms with Crippen LogP contribution in [0.4, 0.5) is 5.69 Å². The van der Waals surface area contributed by atoms with E-state index < -0.39 is 16.1 Å². The minimum absolute atomic E-state index is 0.0347. The van der Waals surface area contributed by atoms with Crippen LogP contribution >= 0.6 is 0 Å². The van der Waals surface area contributed by atoms with Gasteiger partial charge in [-0.25, -0.2) is 8.42 Å². The largest absolute Gasteiger partial charge is 0.326 e. The third kappa shape index (κ3) is 4.72. The number of hydrogen-bond donors (Lipinski definition) is 2.